The number of nitrogens with zero attached hydrogens (tertiary/aromatic N) is 1. The first-order valence-corrected chi connectivity index (χ1v) is 7.95. The number of nitrogens with one attached hydrogen (secondary N) is 1. The smallest absolute Gasteiger partial charge is 0.351 e. The van der Waals surface area contributed by atoms with E-state index in [4.69, 9.17) is 0 Å². The van der Waals surface area contributed by atoms with Gasteiger partial charge in [0.25, 0.3) is 5.91 Å². The molecule has 0 unspecified atom stereocenters. The number of aromatic nitrogens is 1. The lowest BCUT2D eigenvalue weighted by Gasteiger charge is -2.26. The van der Waals surface area contributed by atoms with E-state index in [0.717, 1.165) is 12.1 Å². The fraction of sp³-hybridized carbons (Fsp3) is 0.294. The molecule has 0 atom stereocenters. The molecule has 128 valence electrons. The maximum atomic E-state index is 12.8. The normalized spacial score (nSPS) is 12.1. The van der Waals surface area contributed by atoms with Crippen LogP contribution in [0.1, 0.15) is 35.3 Å². The van der Waals surface area contributed by atoms with Crippen molar-refractivity contribution in [3.8, 4) is 0 Å². The molecule has 1 aromatic carbocycles. The van der Waals surface area contributed by atoms with Crippen molar-refractivity contribution >= 4 is 21.8 Å². The van der Waals surface area contributed by atoms with Gasteiger partial charge in [-0.15, -0.1) is 0 Å². The van der Waals surface area contributed by atoms with Gasteiger partial charge in [0, 0.05) is 28.8 Å². The first-order valence-electron chi connectivity index (χ1n) is 7.16. The van der Waals surface area contributed by atoms with Crippen molar-refractivity contribution in [1.82, 2.24) is 10.3 Å². The van der Waals surface area contributed by atoms with Gasteiger partial charge in [-0.05, 0) is 33.6 Å². The Morgan fingerprint density at radius 2 is 1.83 bits per heavy atom. The van der Waals surface area contributed by atoms with E-state index in [2.05, 4.69) is 26.2 Å². The van der Waals surface area contributed by atoms with Crippen molar-refractivity contribution in [1.29, 1.82) is 0 Å². The Bertz CT molecular complexity index is 745. The summed E-state index contributed by atoms with van der Waals surface area (Å²) < 4.78 is 39.2. The third-order valence-electron chi connectivity index (χ3n) is 3.63. The first kappa shape index (κ1) is 18.4. The molecule has 2 rings (SSSR count). The van der Waals surface area contributed by atoms with Gasteiger partial charge in [0.15, 0.2) is 0 Å². The highest BCUT2D eigenvalue weighted by Gasteiger charge is 2.32. The van der Waals surface area contributed by atoms with Crippen LogP contribution >= 0.6 is 15.9 Å². The summed E-state index contributed by atoms with van der Waals surface area (Å²) in [5.74, 6) is -0.330. The SMILES string of the molecule is CC(C)(CNC(=O)c1cncc(Br)c1)c1cccc(C(F)(F)F)c1. The number of alkyl halides is 3. The number of hydrogen-bond donors (Lipinski definition) is 1. The van der Waals surface area contributed by atoms with E-state index in [-0.39, 0.29) is 12.5 Å². The molecule has 0 aliphatic carbocycles. The summed E-state index contributed by atoms with van der Waals surface area (Å²) in [6.07, 6.45) is -1.40. The Labute approximate surface area is 146 Å². The minimum atomic E-state index is -4.39. The van der Waals surface area contributed by atoms with Crippen LogP contribution in [0.4, 0.5) is 13.2 Å². The van der Waals surface area contributed by atoms with Crippen molar-refractivity contribution in [2.24, 2.45) is 0 Å². The lowest BCUT2D eigenvalue weighted by Crippen LogP contribution is -2.36. The summed E-state index contributed by atoms with van der Waals surface area (Å²) in [5.41, 5.74) is -0.471. The Hall–Kier alpha value is -1.89. The number of carbonyl (C=O) groups is 1. The number of halogens is 4. The topological polar surface area (TPSA) is 42.0 Å². The van der Waals surface area contributed by atoms with E-state index in [0.29, 0.717) is 15.6 Å². The molecule has 0 fully saturated rings. The molecule has 1 amide bonds. The number of benzene rings is 1. The fourth-order valence-corrected chi connectivity index (χ4v) is 2.52. The molecule has 0 radical (unpaired) electrons. The lowest BCUT2D eigenvalue weighted by atomic mass is 9.83. The average Bonchev–Trinajstić information content (AvgIpc) is 2.52. The molecule has 0 saturated heterocycles. The van der Waals surface area contributed by atoms with E-state index >= 15 is 0 Å². The Morgan fingerprint density at radius 1 is 1.17 bits per heavy atom. The van der Waals surface area contributed by atoms with Crippen molar-refractivity contribution in [3.05, 3.63) is 63.9 Å². The number of amides is 1. The summed E-state index contributed by atoms with van der Waals surface area (Å²) >= 11 is 3.24. The standard InChI is InChI=1S/C17H16BrF3N2O/c1-16(2,12-4-3-5-13(7-12)17(19,20)21)10-23-15(24)11-6-14(18)9-22-8-11/h3-9H,10H2,1-2H3,(H,23,24). The van der Waals surface area contributed by atoms with E-state index in [1.165, 1.54) is 12.3 Å². The third-order valence-corrected chi connectivity index (χ3v) is 4.06. The summed E-state index contributed by atoms with van der Waals surface area (Å²) in [4.78, 5) is 16.1. The van der Waals surface area contributed by atoms with E-state index in [1.54, 1.807) is 32.2 Å². The van der Waals surface area contributed by atoms with E-state index < -0.39 is 17.2 Å². The summed E-state index contributed by atoms with van der Waals surface area (Å²) in [6, 6.07) is 6.78. The molecule has 1 heterocycles. The summed E-state index contributed by atoms with van der Waals surface area (Å²) in [5, 5.41) is 2.74. The minimum Gasteiger partial charge on any atom is -0.351 e. The molecular formula is C17H16BrF3N2O. The Kier molecular flexibility index (Phi) is 5.32. The predicted molar refractivity (Wildman–Crippen MR) is 88.7 cm³/mol. The molecule has 3 nitrogen and oxygen atoms in total. The monoisotopic (exact) mass is 400 g/mol. The zero-order valence-electron chi connectivity index (χ0n) is 13.1. The van der Waals surface area contributed by atoms with Crippen LogP contribution in [0.5, 0.6) is 0 Å². The average molecular weight is 401 g/mol. The highest BCUT2D eigenvalue weighted by molar-refractivity contribution is 9.10. The molecule has 0 saturated carbocycles. The second kappa shape index (κ2) is 6.93. The van der Waals surface area contributed by atoms with Crippen LogP contribution in [0.2, 0.25) is 0 Å². The first-order chi connectivity index (χ1) is 11.1. The number of pyridine rings is 1. The van der Waals surface area contributed by atoms with Gasteiger partial charge >= 0.3 is 6.18 Å². The zero-order chi connectivity index (χ0) is 18.0. The highest BCUT2D eigenvalue weighted by atomic mass is 79.9. The zero-order valence-corrected chi connectivity index (χ0v) is 14.7. The van der Waals surface area contributed by atoms with Crippen LogP contribution < -0.4 is 5.32 Å². The maximum absolute atomic E-state index is 12.8. The van der Waals surface area contributed by atoms with Gasteiger partial charge in [-0.3, -0.25) is 9.78 Å². The molecule has 0 aliphatic rings. The largest absolute Gasteiger partial charge is 0.416 e. The van der Waals surface area contributed by atoms with Crippen LogP contribution in [0.25, 0.3) is 0 Å². The van der Waals surface area contributed by atoms with Crippen LogP contribution in [0, 0.1) is 0 Å². The molecule has 2 aromatic rings. The van der Waals surface area contributed by atoms with Gasteiger partial charge in [-0.2, -0.15) is 13.2 Å². The predicted octanol–water partition coefficient (Wildman–Crippen LogP) is 4.57. The third kappa shape index (κ3) is 4.56. The van der Waals surface area contributed by atoms with Crippen molar-refractivity contribution in [2.75, 3.05) is 6.54 Å². The molecule has 24 heavy (non-hydrogen) atoms. The van der Waals surface area contributed by atoms with Crippen molar-refractivity contribution in [2.45, 2.75) is 25.4 Å². The lowest BCUT2D eigenvalue weighted by molar-refractivity contribution is -0.137. The van der Waals surface area contributed by atoms with Crippen molar-refractivity contribution < 1.29 is 18.0 Å². The molecular weight excluding hydrogens is 385 g/mol. The van der Waals surface area contributed by atoms with Crippen molar-refractivity contribution in [3.63, 3.8) is 0 Å². The summed E-state index contributed by atoms with van der Waals surface area (Å²) in [6.45, 7) is 3.75. The quantitative estimate of drug-likeness (QED) is 0.816. The maximum Gasteiger partial charge on any atom is 0.416 e. The van der Waals surface area contributed by atoms with E-state index in [1.807, 2.05) is 0 Å². The fourth-order valence-electron chi connectivity index (χ4n) is 2.16. The van der Waals surface area contributed by atoms with Crippen LogP contribution in [-0.4, -0.2) is 17.4 Å². The minimum absolute atomic E-state index is 0.194. The Morgan fingerprint density at radius 3 is 2.46 bits per heavy atom. The number of rotatable bonds is 4. The van der Waals surface area contributed by atoms with E-state index in [9.17, 15) is 18.0 Å². The molecule has 1 N–H and O–H groups in total. The number of carbonyl (C=O) groups excluding carboxylic acids is 1. The Balaban J connectivity index is 2.12. The van der Waals surface area contributed by atoms with Gasteiger partial charge in [0.1, 0.15) is 0 Å². The molecule has 0 spiro atoms. The summed E-state index contributed by atoms with van der Waals surface area (Å²) in [7, 11) is 0. The molecule has 7 heteroatoms. The van der Waals surface area contributed by atoms with Crippen LogP contribution in [-0.2, 0) is 11.6 Å². The van der Waals surface area contributed by atoms with Crippen LogP contribution in [0.3, 0.4) is 0 Å². The van der Waals surface area contributed by atoms with Gasteiger partial charge in [-0.1, -0.05) is 32.0 Å². The van der Waals surface area contributed by atoms with Gasteiger partial charge in [-0.25, -0.2) is 0 Å². The number of hydrogen-bond acceptors (Lipinski definition) is 2. The van der Waals surface area contributed by atoms with Gasteiger partial charge in [0.05, 0.1) is 11.1 Å². The second-order valence-corrected chi connectivity index (χ2v) is 6.95. The second-order valence-electron chi connectivity index (χ2n) is 6.04. The highest BCUT2D eigenvalue weighted by Crippen LogP contribution is 2.32. The molecule has 0 bridgehead atoms. The molecule has 1 aromatic heterocycles. The molecule has 0 aliphatic heterocycles. The van der Waals surface area contributed by atoms with Gasteiger partial charge < -0.3 is 5.32 Å². The van der Waals surface area contributed by atoms with Crippen LogP contribution in [0.15, 0.2) is 47.2 Å². The van der Waals surface area contributed by atoms with Gasteiger partial charge in [0.2, 0.25) is 0 Å².